The minimum atomic E-state index is -0.640. The van der Waals surface area contributed by atoms with Gasteiger partial charge in [0.15, 0.2) is 0 Å². The quantitative estimate of drug-likeness (QED) is 0.436. The maximum atomic E-state index is 10.7. The van der Waals surface area contributed by atoms with Gasteiger partial charge in [-0.3, -0.25) is 10.1 Å². The number of halogens is 1. The van der Waals surface area contributed by atoms with Gasteiger partial charge in [-0.25, -0.2) is 14.6 Å². The average molecular weight is 226 g/mol. The molecular formula is C7H4ClN5O2. The Hall–Kier alpha value is -2.02. The van der Waals surface area contributed by atoms with E-state index >= 15 is 0 Å². The number of aromatic nitrogens is 4. The summed E-state index contributed by atoms with van der Waals surface area (Å²) in [5.41, 5.74) is -0.358. The molecule has 0 saturated heterocycles. The Labute approximate surface area is 88.5 Å². The molecule has 0 atom stereocenters. The molecule has 0 amide bonds. The van der Waals surface area contributed by atoms with Gasteiger partial charge >= 0.3 is 5.69 Å². The minimum absolute atomic E-state index is 0.0463. The van der Waals surface area contributed by atoms with Gasteiger partial charge in [0.1, 0.15) is 6.33 Å². The predicted molar refractivity (Wildman–Crippen MR) is 50.8 cm³/mol. The highest BCUT2D eigenvalue weighted by Crippen LogP contribution is 2.26. The number of hydrogen-bond acceptors (Lipinski definition) is 5. The third-order valence-corrected chi connectivity index (χ3v) is 1.94. The molecule has 0 bridgehead atoms. The van der Waals surface area contributed by atoms with E-state index in [0.717, 1.165) is 6.33 Å². The van der Waals surface area contributed by atoms with E-state index in [1.165, 1.54) is 17.1 Å². The van der Waals surface area contributed by atoms with Gasteiger partial charge in [-0.05, 0) is 6.07 Å². The number of nitro groups is 1. The topological polar surface area (TPSA) is 86.7 Å². The molecule has 2 aromatic heterocycles. The van der Waals surface area contributed by atoms with Gasteiger partial charge in [-0.1, -0.05) is 11.6 Å². The van der Waals surface area contributed by atoms with Crippen molar-refractivity contribution in [1.82, 2.24) is 19.7 Å². The zero-order chi connectivity index (χ0) is 10.8. The predicted octanol–water partition coefficient (Wildman–Crippen LogP) is 1.22. The lowest BCUT2D eigenvalue weighted by Crippen LogP contribution is -2.04. The third-order valence-electron chi connectivity index (χ3n) is 1.66. The van der Waals surface area contributed by atoms with E-state index in [9.17, 15) is 10.1 Å². The molecule has 0 unspecified atom stereocenters. The fourth-order valence-corrected chi connectivity index (χ4v) is 1.26. The molecule has 7 nitrogen and oxygen atoms in total. The van der Waals surface area contributed by atoms with Gasteiger partial charge in [-0.15, -0.1) is 0 Å². The first kappa shape index (κ1) is 9.53. The molecular weight excluding hydrogens is 222 g/mol. The molecule has 8 heteroatoms. The molecule has 2 rings (SSSR count). The van der Waals surface area contributed by atoms with Crippen molar-refractivity contribution in [1.29, 1.82) is 0 Å². The molecule has 0 radical (unpaired) electrons. The standard InChI is InChI=1S/C7H4ClN5O2/c8-6-5(13(14)15)7(10-4-9-6)12-3-1-2-11-12/h1-4H. The van der Waals surface area contributed by atoms with E-state index in [2.05, 4.69) is 15.1 Å². The summed E-state index contributed by atoms with van der Waals surface area (Å²) < 4.78 is 1.26. The fourth-order valence-electron chi connectivity index (χ4n) is 1.07. The first-order valence-corrected chi connectivity index (χ1v) is 4.23. The Morgan fingerprint density at radius 1 is 1.47 bits per heavy atom. The van der Waals surface area contributed by atoms with Crippen LogP contribution in [0.4, 0.5) is 5.69 Å². The first-order valence-electron chi connectivity index (χ1n) is 3.85. The molecule has 0 fully saturated rings. The van der Waals surface area contributed by atoms with E-state index in [4.69, 9.17) is 11.6 Å². The molecule has 0 aromatic carbocycles. The van der Waals surface area contributed by atoms with Crippen LogP contribution in [0.2, 0.25) is 5.15 Å². The summed E-state index contributed by atoms with van der Waals surface area (Å²) in [6.45, 7) is 0. The van der Waals surface area contributed by atoms with Crippen molar-refractivity contribution in [3.05, 3.63) is 40.1 Å². The van der Waals surface area contributed by atoms with Crippen LogP contribution in [0.5, 0.6) is 0 Å². The number of rotatable bonds is 2. The van der Waals surface area contributed by atoms with Crippen LogP contribution >= 0.6 is 11.6 Å². The van der Waals surface area contributed by atoms with E-state index in [0.29, 0.717) is 0 Å². The zero-order valence-electron chi connectivity index (χ0n) is 7.24. The summed E-state index contributed by atoms with van der Waals surface area (Å²) in [5, 5.41) is 14.4. The van der Waals surface area contributed by atoms with Crippen molar-refractivity contribution in [2.24, 2.45) is 0 Å². The van der Waals surface area contributed by atoms with Crippen molar-refractivity contribution < 1.29 is 4.92 Å². The molecule has 0 aliphatic rings. The smallest absolute Gasteiger partial charge is 0.258 e. The third kappa shape index (κ3) is 1.64. The van der Waals surface area contributed by atoms with Crippen LogP contribution in [0.25, 0.3) is 5.82 Å². The van der Waals surface area contributed by atoms with Crippen LogP contribution in [-0.2, 0) is 0 Å². The molecule has 0 aliphatic heterocycles. The average Bonchev–Trinajstić information content (AvgIpc) is 2.69. The van der Waals surface area contributed by atoms with Crippen molar-refractivity contribution in [2.45, 2.75) is 0 Å². The van der Waals surface area contributed by atoms with Crippen molar-refractivity contribution in [3.8, 4) is 5.82 Å². The van der Waals surface area contributed by atoms with E-state index in [-0.39, 0.29) is 16.7 Å². The maximum absolute atomic E-state index is 10.7. The van der Waals surface area contributed by atoms with Gasteiger partial charge in [0.2, 0.25) is 11.0 Å². The Morgan fingerprint density at radius 2 is 2.27 bits per heavy atom. The highest BCUT2D eigenvalue weighted by atomic mass is 35.5. The van der Waals surface area contributed by atoms with E-state index < -0.39 is 4.92 Å². The van der Waals surface area contributed by atoms with E-state index in [1.54, 1.807) is 6.07 Å². The number of nitrogens with zero attached hydrogens (tertiary/aromatic N) is 5. The van der Waals surface area contributed by atoms with Gasteiger partial charge in [-0.2, -0.15) is 5.10 Å². The highest BCUT2D eigenvalue weighted by Gasteiger charge is 2.22. The van der Waals surface area contributed by atoms with Crippen molar-refractivity contribution >= 4 is 17.3 Å². The summed E-state index contributed by atoms with van der Waals surface area (Å²) in [4.78, 5) is 17.4. The maximum Gasteiger partial charge on any atom is 0.350 e. The van der Waals surface area contributed by atoms with Crippen LogP contribution in [0.3, 0.4) is 0 Å². The molecule has 15 heavy (non-hydrogen) atoms. The second kappa shape index (κ2) is 3.62. The van der Waals surface area contributed by atoms with E-state index in [1.807, 2.05) is 0 Å². The van der Waals surface area contributed by atoms with Gasteiger partial charge in [0.25, 0.3) is 0 Å². The van der Waals surface area contributed by atoms with Crippen LogP contribution in [0.1, 0.15) is 0 Å². The normalized spacial score (nSPS) is 10.2. The summed E-state index contributed by atoms with van der Waals surface area (Å²) >= 11 is 5.61. The lowest BCUT2D eigenvalue weighted by Gasteiger charge is -2.01. The van der Waals surface area contributed by atoms with Crippen LogP contribution < -0.4 is 0 Å². The number of hydrogen-bond donors (Lipinski definition) is 0. The Bertz CT molecular complexity index is 498. The Kier molecular flexibility index (Phi) is 2.30. The molecule has 76 valence electrons. The summed E-state index contributed by atoms with van der Waals surface area (Å²) in [6, 6.07) is 1.62. The molecule has 0 saturated carbocycles. The zero-order valence-corrected chi connectivity index (χ0v) is 8.00. The molecule has 0 N–H and O–H groups in total. The largest absolute Gasteiger partial charge is 0.350 e. The monoisotopic (exact) mass is 225 g/mol. The van der Waals surface area contributed by atoms with Gasteiger partial charge in [0, 0.05) is 12.4 Å². The Morgan fingerprint density at radius 3 is 2.87 bits per heavy atom. The van der Waals surface area contributed by atoms with Gasteiger partial charge in [0.05, 0.1) is 4.92 Å². The van der Waals surface area contributed by atoms with Crippen LogP contribution in [-0.4, -0.2) is 24.7 Å². The summed E-state index contributed by atoms with van der Waals surface area (Å²) in [7, 11) is 0. The van der Waals surface area contributed by atoms with Crippen molar-refractivity contribution in [3.63, 3.8) is 0 Å². The minimum Gasteiger partial charge on any atom is -0.258 e. The highest BCUT2D eigenvalue weighted by molar-refractivity contribution is 6.31. The molecule has 2 aromatic rings. The summed E-state index contributed by atoms with van der Waals surface area (Å²) in [6.07, 6.45) is 4.16. The van der Waals surface area contributed by atoms with Crippen molar-refractivity contribution in [2.75, 3.05) is 0 Å². The van der Waals surface area contributed by atoms with Gasteiger partial charge < -0.3 is 0 Å². The SMILES string of the molecule is O=[N+]([O-])c1c(Cl)ncnc1-n1cccn1. The second-order valence-corrected chi connectivity index (χ2v) is 2.90. The molecule has 0 aliphatic carbocycles. The fraction of sp³-hybridized carbons (Fsp3) is 0. The molecule has 0 spiro atoms. The lowest BCUT2D eigenvalue weighted by molar-refractivity contribution is -0.385. The van der Waals surface area contributed by atoms with Crippen LogP contribution in [0.15, 0.2) is 24.8 Å². The lowest BCUT2D eigenvalue weighted by atomic mass is 10.5. The molecule has 2 heterocycles. The first-order chi connectivity index (χ1) is 7.20. The Balaban J connectivity index is 2.66. The second-order valence-electron chi connectivity index (χ2n) is 2.54. The summed E-state index contributed by atoms with van der Waals surface area (Å²) in [5.74, 6) is 0.0463. The van der Waals surface area contributed by atoms with Crippen LogP contribution in [0, 0.1) is 10.1 Å².